The number of benzene rings is 1. The molecule has 8 nitrogen and oxygen atoms in total. The Bertz CT molecular complexity index is 908. The standard InChI is InChI=1S/C21H27N5O3/c1-3-25-11-15(13(2)24-25)10-22-16-9-19-20(28)23-18(21(29)26(19)12-16)8-14-4-6-17(27)7-5-14/h4-7,11,16,18-19,22,27H,3,8-10,12H2,1-2H3,(H,23,28)/t16-,18-,19-/m0/s1. The zero-order valence-electron chi connectivity index (χ0n) is 16.8. The average molecular weight is 397 g/mol. The lowest BCUT2D eigenvalue weighted by molar-refractivity contribution is -0.147. The number of aryl methyl sites for hydroxylation is 2. The summed E-state index contributed by atoms with van der Waals surface area (Å²) in [6.07, 6.45) is 3.07. The largest absolute Gasteiger partial charge is 0.508 e. The summed E-state index contributed by atoms with van der Waals surface area (Å²) < 4.78 is 1.91. The van der Waals surface area contributed by atoms with Gasteiger partial charge in [-0.25, -0.2) is 0 Å². The molecule has 4 rings (SSSR count). The number of nitrogens with zero attached hydrogens (tertiary/aromatic N) is 3. The zero-order chi connectivity index (χ0) is 20.5. The lowest BCUT2D eigenvalue weighted by Gasteiger charge is -2.34. The number of aromatic hydroxyl groups is 1. The van der Waals surface area contributed by atoms with Crippen LogP contribution in [0.25, 0.3) is 0 Å². The van der Waals surface area contributed by atoms with Gasteiger partial charge >= 0.3 is 0 Å². The minimum absolute atomic E-state index is 0.0399. The second kappa shape index (κ2) is 7.87. The molecule has 3 N–H and O–H groups in total. The number of aromatic nitrogens is 2. The van der Waals surface area contributed by atoms with E-state index >= 15 is 0 Å². The summed E-state index contributed by atoms with van der Waals surface area (Å²) in [5.74, 6) is 0.0515. The van der Waals surface area contributed by atoms with E-state index in [9.17, 15) is 14.7 Å². The van der Waals surface area contributed by atoms with Crippen molar-refractivity contribution in [1.82, 2.24) is 25.3 Å². The predicted octanol–water partition coefficient (Wildman–Crippen LogP) is 0.717. The van der Waals surface area contributed by atoms with Crippen molar-refractivity contribution < 1.29 is 14.7 Å². The number of amides is 2. The topological polar surface area (TPSA) is 99.5 Å². The summed E-state index contributed by atoms with van der Waals surface area (Å²) >= 11 is 0. The number of rotatable bonds is 6. The minimum Gasteiger partial charge on any atom is -0.508 e. The molecule has 0 saturated carbocycles. The first kappa shape index (κ1) is 19.4. The minimum atomic E-state index is -0.563. The van der Waals surface area contributed by atoms with Gasteiger partial charge in [0.2, 0.25) is 11.8 Å². The molecular weight excluding hydrogens is 370 g/mol. The number of fused-ring (bicyclic) bond motifs is 1. The molecule has 2 aromatic rings. The summed E-state index contributed by atoms with van der Waals surface area (Å²) in [5, 5.41) is 20.2. The third-order valence-corrected chi connectivity index (χ3v) is 5.83. The first-order valence-electron chi connectivity index (χ1n) is 10.1. The van der Waals surface area contributed by atoms with Crippen molar-refractivity contribution in [3.8, 4) is 5.75 Å². The summed E-state index contributed by atoms with van der Waals surface area (Å²) in [6, 6.07) is 5.83. The number of phenolic OH excluding ortho intramolecular Hbond substituents is 1. The SMILES string of the molecule is CCn1cc(CN[C@H]2C[C@H]3C(=O)N[C@@H](Cc4ccc(O)cc4)C(=O)N3C2)c(C)n1. The van der Waals surface area contributed by atoms with Gasteiger partial charge in [-0.1, -0.05) is 12.1 Å². The van der Waals surface area contributed by atoms with Gasteiger partial charge < -0.3 is 20.6 Å². The maximum absolute atomic E-state index is 13.0. The molecular formula is C21H27N5O3. The monoisotopic (exact) mass is 397 g/mol. The van der Waals surface area contributed by atoms with Crippen LogP contribution >= 0.6 is 0 Å². The molecule has 0 unspecified atom stereocenters. The van der Waals surface area contributed by atoms with Crippen molar-refractivity contribution in [3.63, 3.8) is 0 Å². The molecule has 154 valence electrons. The van der Waals surface area contributed by atoms with E-state index in [2.05, 4.69) is 22.7 Å². The number of carbonyl (C=O) groups excluding carboxylic acids is 2. The Balaban J connectivity index is 1.38. The Morgan fingerprint density at radius 1 is 1.28 bits per heavy atom. The molecule has 2 aliphatic heterocycles. The Hall–Kier alpha value is -2.87. The molecule has 8 heteroatoms. The Labute approximate surface area is 169 Å². The van der Waals surface area contributed by atoms with E-state index in [0.29, 0.717) is 25.9 Å². The molecule has 0 aliphatic carbocycles. The smallest absolute Gasteiger partial charge is 0.246 e. The van der Waals surface area contributed by atoms with Crippen molar-refractivity contribution in [1.29, 1.82) is 0 Å². The van der Waals surface area contributed by atoms with E-state index in [0.717, 1.165) is 23.4 Å². The molecule has 0 bridgehead atoms. The highest BCUT2D eigenvalue weighted by Gasteiger charge is 2.46. The van der Waals surface area contributed by atoms with E-state index in [1.54, 1.807) is 29.2 Å². The normalized spacial score (nSPS) is 23.9. The van der Waals surface area contributed by atoms with E-state index in [-0.39, 0.29) is 23.6 Å². The van der Waals surface area contributed by atoms with E-state index in [4.69, 9.17) is 0 Å². The Morgan fingerprint density at radius 3 is 2.72 bits per heavy atom. The molecule has 2 saturated heterocycles. The fraction of sp³-hybridized carbons (Fsp3) is 0.476. The van der Waals surface area contributed by atoms with Crippen molar-refractivity contribution in [3.05, 3.63) is 47.3 Å². The highest BCUT2D eigenvalue weighted by molar-refractivity contribution is 5.97. The molecule has 2 aliphatic rings. The molecule has 0 radical (unpaired) electrons. The van der Waals surface area contributed by atoms with Gasteiger partial charge in [0.15, 0.2) is 0 Å². The molecule has 2 fully saturated rings. The first-order chi connectivity index (χ1) is 13.9. The summed E-state index contributed by atoms with van der Waals surface area (Å²) in [4.78, 5) is 27.3. The van der Waals surface area contributed by atoms with E-state index in [1.807, 2.05) is 17.8 Å². The molecule has 1 aromatic heterocycles. The number of piperazine rings is 1. The Morgan fingerprint density at radius 2 is 2.03 bits per heavy atom. The van der Waals surface area contributed by atoms with Crippen LogP contribution in [0, 0.1) is 6.92 Å². The first-order valence-corrected chi connectivity index (χ1v) is 10.1. The van der Waals surface area contributed by atoms with Crippen LogP contribution in [0.15, 0.2) is 30.5 Å². The van der Waals surface area contributed by atoms with E-state index < -0.39 is 12.1 Å². The third kappa shape index (κ3) is 3.98. The highest BCUT2D eigenvalue weighted by Crippen LogP contribution is 2.24. The van der Waals surface area contributed by atoms with Crippen molar-refractivity contribution in [2.75, 3.05) is 6.54 Å². The third-order valence-electron chi connectivity index (χ3n) is 5.83. The van der Waals surface area contributed by atoms with Gasteiger partial charge in [-0.15, -0.1) is 0 Å². The average Bonchev–Trinajstić information content (AvgIpc) is 3.30. The molecule has 3 heterocycles. The van der Waals surface area contributed by atoms with Gasteiger partial charge in [-0.2, -0.15) is 5.10 Å². The fourth-order valence-corrected chi connectivity index (χ4v) is 4.16. The number of nitrogens with one attached hydrogen (secondary N) is 2. The lowest BCUT2D eigenvalue weighted by atomic mass is 10.0. The van der Waals surface area contributed by atoms with Crippen LogP contribution in [0.5, 0.6) is 5.75 Å². The van der Waals surface area contributed by atoms with Gasteiger partial charge in [-0.3, -0.25) is 14.3 Å². The number of hydrogen-bond donors (Lipinski definition) is 3. The summed E-state index contributed by atoms with van der Waals surface area (Å²) in [6.45, 7) is 6.08. The maximum Gasteiger partial charge on any atom is 0.246 e. The predicted molar refractivity (Wildman–Crippen MR) is 107 cm³/mol. The fourth-order valence-electron chi connectivity index (χ4n) is 4.16. The quantitative estimate of drug-likeness (QED) is 0.667. The molecule has 29 heavy (non-hydrogen) atoms. The number of phenols is 1. The summed E-state index contributed by atoms with van der Waals surface area (Å²) in [5.41, 5.74) is 3.03. The van der Waals surface area contributed by atoms with Gasteiger partial charge in [0, 0.05) is 43.9 Å². The van der Waals surface area contributed by atoms with Crippen LogP contribution < -0.4 is 10.6 Å². The second-order valence-electron chi connectivity index (χ2n) is 7.85. The lowest BCUT2D eigenvalue weighted by Crippen LogP contribution is -2.61. The van der Waals surface area contributed by atoms with Crippen molar-refractivity contribution in [2.45, 2.75) is 57.9 Å². The van der Waals surface area contributed by atoms with E-state index in [1.165, 1.54) is 0 Å². The van der Waals surface area contributed by atoms with Crippen LogP contribution in [0.4, 0.5) is 0 Å². The van der Waals surface area contributed by atoms with Gasteiger partial charge in [0.25, 0.3) is 0 Å². The van der Waals surface area contributed by atoms with Crippen LogP contribution in [-0.4, -0.2) is 56.3 Å². The highest BCUT2D eigenvalue weighted by atomic mass is 16.3. The molecule has 0 spiro atoms. The van der Waals surface area contributed by atoms with Crippen molar-refractivity contribution >= 4 is 11.8 Å². The molecule has 3 atom stereocenters. The van der Waals surface area contributed by atoms with Crippen LogP contribution in [-0.2, 0) is 29.1 Å². The summed E-state index contributed by atoms with van der Waals surface area (Å²) in [7, 11) is 0. The van der Waals surface area contributed by atoms with Gasteiger partial charge in [-0.05, 0) is 38.0 Å². The number of carbonyl (C=O) groups is 2. The van der Waals surface area contributed by atoms with Crippen LogP contribution in [0.1, 0.15) is 30.2 Å². The van der Waals surface area contributed by atoms with Gasteiger partial charge in [0.1, 0.15) is 17.8 Å². The number of hydrogen-bond acceptors (Lipinski definition) is 5. The second-order valence-corrected chi connectivity index (χ2v) is 7.85. The van der Waals surface area contributed by atoms with Gasteiger partial charge in [0.05, 0.1) is 5.69 Å². The van der Waals surface area contributed by atoms with Crippen molar-refractivity contribution in [2.24, 2.45) is 0 Å². The molecule has 2 amide bonds. The maximum atomic E-state index is 13.0. The van der Waals surface area contributed by atoms with Crippen LogP contribution in [0.2, 0.25) is 0 Å². The zero-order valence-corrected chi connectivity index (χ0v) is 16.8. The molecule has 1 aromatic carbocycles. The Kier molecular flexibility index (Phi) is 5.27. The van der Waals surface area contributed by atoms with Crippen LogP contribution in [0.3, 0.4) is 0 Å².